The molecule has 0 aliphatic carbocycles. The Kier molecular flexibility index (Phi) is 5.45. The summed E-state index contributed by atoms with van der Waals surface area (Å²) in [4.78, 5) is 16.7. The molecule has 5 heteroatoms. The summed E-state index contributed by atoms with van der Waals surface area (Å²) in [6, 6.07) is 0. The van der Waals surface area contributed by atoms with Gasteiger partial charge >= 0.3 is 0 Å². The Morgan fingerprint density at radius 2 is 2.18 bits per heavy atom. The van der Waals surface area contributed by atoms with Crippen LogP contribution >= 0.6 is 23.4 Å². The van der Waals surface area contributed by atoms with Crippen molar-refractivity contribution >= 4 is 29.3 Å². The van der Waals surface area contributed by atoms with Crippen molar-refractivity contribution in [2.45, 2.75) is 12.8 Å². The fourth-order valence-electron chi connectivity index (χ4n) is 2.52. The average Bonchev–Trinajstić information content (AvgIpc) is 2.76. The van der Waals surface area contributed by atoms with Crippen molar-refractivity contribution in [3.63, 3.8) is 0 Å². The first-order valence-electron chi connectivity index (χ1n) is 6.46. The quantitative estimate of drug-likeness (QED) is 0.730. The molecular formula is C12H21ClN2OS. The van der Waals surface area contributed by atoms with Crippen LogP contribution < -0.4 is 0 Å². The van der Waals surface area contributed by atoms with E-state index in [1.54, 1.807) is 0 Å². The smallest absolute Gasteiger partial charge is 0.226 e. The van der Waals surface area contributed by atoms with Crippen molar-refractivity contribution in [3.05, 3.63) is 0 Å². The summed E-state index contributed by atoms with van der Waals surface area (Å²) in [6.07, 6.45) is 2.16. The van der Waals surface area contributed by atoms with Crippen molar-refractivity contribution in [3.8, 4) is 0 Å². The summed E-state index contributed by atoms with van der Waals surface area (Å²) in [6.45, 7) is 4.83. The summed E-state index contributed by atoms with van der Waals surface area (Å²) < 4.78 is 0. The number of alkyl halides is 1. The number of rotatable bonds is 3. The van der Waals surface area contributed by atoms with Gasteiger partial charge in [-0.15, -0.1) is 11.6 Å². The molecule has 0 aromatic heterocycles. The van der Waals surface area contributed by atoms with Crippen LogP contribution in [0.4, 0.5) is 0 Å². The lowest BCUT2D eigenvalue weighted by atomic mass is 10.1. The van der Waals surface area contributed by atoms with Gasteiger partial charge in [-0.2, -0.15) is 11.8 Å². The minimum atomic E-state index is 0.291. The van der Waals surface area contributed by atoms with E-state index in [0.29, 0.717) is 17.7 Å². The number of thioether (sulfide) groups is 1. The van der Waals surface area contributed by atoms with E-state index < -0.39 is 0 Å². The first-order chi connectivity index (χ1) is 8.31. The molecule has 2 aliphatic heterocycles. The number of nitrogens with zero attached hydrogens (tertiary/aromatic N) is 2. The maximum absolute atomic E-state index is 12.3. The number of halogens is 1. The second-order valence-electron chi connectivity index (χ2n) is 4.77. The molecule has 2 rings (SSSR count). The van der Waals surface area contributed by atoms with E-state index in [4.69, 9.17) is 11.6 Å². The van der Waals surface area contributed by atoms with E-state index >= 15 is 0 Å². The molecule has 0 spiro atoms. The van der Waals surface area contributed by atoms with Crippen LogP contribution in [0.25, 0.3) is 0 Å². The molecule has 0 radical (unpaired) electrons. The van der Waals surface area contributed by atoms with Gasteiger partial charge in [-0.1, -0.05) is 0 Å². The summed E-state index contributed by atoms with van der Waals surface area (Å²) in [5.74, 6) is 3.55. The van der Waals surface area contributed by atoms with Crippen LogP contribution in [0.5, 0.6) is 0 Å². The molecule has 1 unspecified atom stereocenters. The van der Waals surface area contributed by atoms with E-state index in [0.717, 1.165) is 57.1 Å². The third-order valence-corrected chi connectivity index (χ3v) is 4.91. The van der Waals surface area contributed by atoms with Gasteiger partial charge in [0.05, 0.1) is 0 Å². The first kappa shape index (κ1) is 13.5. The zero-order valence-electron chi connectivity index (χ0n) is 10.2. The second-order valence-corrected chi connectivity index (χ2v) is 6.30. The number of amides is 1. The Balaban J connectivity index is 1.83. The summed E-state index contributed by atoms with van der Waals surface area (Å²) in [7, 11) is 0. The predicted molar refractivity (Wildman–Crippen MR) is 73.8 cm³/mol. The Morgan fingerprint density at radius 1 is 1.29 bits per heavy atom. The molecule has 2 fully saturated rings. The maximum Gasteiger partial charge on any atom is 0.226 e. The second kappa shape index (κ2) is 6.86. The first-order valence-corrected chi connectivity index (χ1v) is 8.15. The Morgan fingerprint density at radius 3 is 2.88 bits per heavy atom. The molecule has 0 bridgehead atoms. The zero-order valence-corrected chi connectivity index (χ0v) is 11.8. The van der Waals surface area contributed by atoms with Crippen molar-refractivity contribution in [1.29, 1.82) is 0 Å². The summed E-state index contributed by atoms with van der Waals surface area (Å²) in [5, 5.41) is 0. The fourth-order valence-corrected chi connectivity index (χ4v) is 3.97. The number of hydrogen-bond donors (Lipinski definition) is 0. The minimum Gasteiger partial charge on any atom is -0.341 e. The molecule has 1 amide bonds. The third kappa shape index (κ3) is 3.76. The number of carbonyl (C=O) groups excluding carboxylic acids is 1. The van der Waals surface area contributed by atoms with Crippen LogP contribution in [0.3, 0.4) is 0 Å². The summed E-state index contributed by atoms with van der Waals surface area (Å²) >= 11 is 7.68. The molecule has 0 aromatic carbocycles. The minimum absolute atomic E-state index is 0.291. The largest absolute Gasteiger partial charge is 0.341 e. The molecule has 0 aromatic rings. The van der Waals surface area contributed by atoms with Crippen LogP contribution in [-0.2, 0) is 4.79 Å². The van der Waals surface area contributed by atoms with Crippen molar-refractivity contribution in [2.75, 3.05) is 50.1 Å². The van der Waals surface area contributed by atoms with Crippen molar-refractivity contribution in [2.24, 2.45) is 5.92 Å². The lowest BCUT2D eigenvalue weighted by Crippen LogP contribution is -2.39. The highest BCUT2D eigenvalue weighted by atomic mass is 35.5. The van der Waals surface area contributed by atoms with Gasteiger partial charge in [0.1, 0.15) is 0 Å². The molecule has 2 saturated heterocycles. The van der Waals surface area contributed by atoms with Crippen LogP contribution in [0.2, 0.25) is 0 Å². The van der Waals surface area contributed by atoms with Crippen LogP contribution in [0, 0.1) is 5.92 Å². The molecule has 2 aliphatic rings. The summed E-state index contributed by atoms with van der Waals surface area (Å²) in [5.41, 5.74) is 0. The molecule has 98 valence electrons. The van der Waals surface area contributed by atoms with Gasteiger partial charge in [0.15, 0.2) is 0 Å². The molecular weight excluding hydrogens is 256 g/mol. The third-order valence-electron chi connectivity index (χ3n) is 3.58. The van der Waals surface area contributed by atoms with Gasteiger partial charge < -0.3 is 9.80 Å². The van der Waals surface area contributed by atoms with E-state index in [-0.39, 0.29) is 0 Å². The van der Waals surface area contributed by atoms with Crippen LogP contribution in [0.15, 0.2) is 0 Å². The van der Waals surface area contributed by atoms with Gasteiger partial charge in [-0.25, -0.2) is 0 Å². The Labute approximate surface area is 113 Å². The predicted octanol–water partition coefficient (Wildman–Crippen LogP) is 1.51. The molecule has 2 heterocycles. The monoisotopic (exact) mass is 276 g/mol. The van der Waals surface area contributed by atoms with E-state index in [9.17, 15) is 4.79 Å². The van der Waals surface area contributed by atoms with E-state index in [1.165, 1.54) is 0 Å². The van der Waals surface area contributed by atoms with Crippen molar-refractivity contribution in [1.82, 2.24) is 9.80 Å². The van der Waals surface area contributed by atoms with Gasteiger partial charge in [-0.05, 0) is 25.1 Å². The molecule has 17 heavy (non-hydrogen) atoms. The van der Waals surface area contributed by atoms with E-state index in [1.807, 2.05) is 11.8 Å². The highest BCUT2D eigenvalue weighted by Gasteiger charge is 2.28. The van der Waals surface area contributed by atoms with Crippen LogP contribution in [0.1, 0.15) is 12.8 Å². The fraction of sp³-hybridized carbons (Fsp3) is 0.917. The Bertz CT molecular complexity index is 259. The van der Waals surface area contributed by atoms with Crippen molar-refractivity contribution < 1.29 is 4.79 Å². The van der Waals surface area contributed by atoms with Gasteiger partial charge in [0, 0.05) is 43.7 Å². The molecule has 3 nitrogen and oxygen atoms in total. The SMILES string of the molecule is O=C(C1CCSC1)N1CCCN(CCCl)CC1. The lowest BCUT2D eigenvalue weighted by Gasteiger charge is -2.24. The highest BCUT2D eigenvalue weighted by Crippen LogP contribution is 2.25. The lowest BCUT2D eigenvalue weighted by molar-refractivity contribution is -0.134. The van der Waals surface area contributed by atoms with Crippen LogP contribution in [-0.4, -0.2) is 65.8 Å². The van der Waals surface area contributed by atoms with E-state index in [2.05, 4.69) is 9.80 Å². The standard InChI is InChI=1S/C12H21ClN2OS/c13-3-6-14-4-1-5-15(8-7-14)12(16)11-2-9-17-10-11/h11H,1-10H2. The Hall–Kier alpha value is 0.0700. The molecule has 0 saturated carbocycles. The van der Waals surface area contributed by atoms with Gasteiger partial charge in [0.25, 0.3) is 0 Å². The molecule has 1 atom stereocenters. The highest BCUT2D eigenvalue weighted by molar-refractivity contribution is 7.99. The average molecular weight is 277 g/mol. The normalized spacial score (nSPS) is 27.1. The van der Waals surface area contributed by atoms with Gasteiger partial charge in [-0.3, -0.25) is 4.79 Å². The molecule has 0 N–H and O–H groups in total. The van der Waals surface area contributed by atoms with Gasteiger partial charge in [0.2, 0.25) is 5.91 Å². The zero-order chi connectivity index (χ0) is 12.1. The number of carbonyl (C=O) groups is 1. The topological polar surface area (TPSA) is 23.6 Å². The number of hydrogen-bond acceptors (Lipinski definition) is 3. The maximum atomic E-state index is 12.3.